The SMILES string of the molecule is CN(Cc1ccccc1)S(=O)(=O)NC1CCc2nncn2CC1. The summed E-state index contributed by atoms with van der Waals surface area (Å²) in [4.78, 5) is 0. The van der Waals surface area contributed by atoms with Crippen molar-refractivity contribution in [1.29, 1.82) is 0 Å². The van der Waals surface area contributed by atoms with Crippen molar-refractivity contribution >= 4 is 10.2 Å². The molecule has 1 aromatic heterocycles. The van der Waals surface area contributed by atoms with Gasteiger partial charge in [0.15, 0.2) is 0 Å². The maximum Gasteiger partial charge on any atom is 0.279 e. The Bertz CT molecular complexity index is 722. The van der Waals surface area contributed by atoms with E-state index in [2.05, 4.69) is 14.9 Å². The molecule has 1 aromatic carbocycles. The van der Waals surface area contributed by atoms with E-state index in [-0.39, 0.29) is 6.04 Å². The lowest BCUT2D eigenvalue weighted by molar-refractivity contribution is 0.429. The summed E-state index contributed by atoms with van der Waals surface area (Å²) >= 11 is 0. The van der Waals surface area contributed by atoms with E-state index in [9.17, 15) is 8.42 Å². The highest BCUT2D eigenvalue weighted by atomic mass is 32.2. The van der Waals surface area contributed by atoms with Crippen LogP contribution in [0.5, 0.6) is 0 Å². The predicted molar refractivity (Wildman–Crippen MR) is 86.7 cm³/mol. The van der Waals surface area contributed by atoms with E-state index in [1.807, 2.05) is 34.9 Å². The van der Waals surface area contributed by atoms with Crippen LogP contribution in [0.25, 0.3) is 0 Å². The topological polar surface area (TPSA) is 80.1 Å². The molecule has 7 nitrogen and oxygen atoms in total. The summed E-state index contributed by atoms with van der Waals surface area (Å²) < 4.78 is 31.2. The lowest BCUT2D eigenvalue weighted by Crippen LogP contribution is -2.43. The molecule has 0 bridgehead atoms. The molecule has 0 spiro atoms. The first-order valence-corrected chi connectivity index (χ1v) is 9.13. The summed E-state index contributed by atoms with van der Waals surface area (Å²) in [5, 5.41) is 7.95. The van der Waals surface area contributed by atoms with Gasteiger partial charge in [-0.2, -0.15) is 17.4 Å². The fourth-order valence-corrected chi connectivity index (χ4v) is 3.90. The third-order valence-electron chi connectivity index (χ3n) is 4.10. The average Bonchev–Trinajstić information content (AvgIpc) is 2.90. The van der Waals surface area contributed by atoms with Gasteiger partial charge in [0.05, 0.1) is 0 Å². The summed E-state index contributed by atoms with van der Waals surface area (Å²) in [6.07, 6.45) is 3.91. The Morgan fingerprint density at radius 1 is 1.30 bits per heavy atom. The number of rotatable bonds is 5. The first-order chi connectivity index (χ1) is 11.0. The zero-order valence-corrected chi connectivity index (χ0v) is 13.9. The van der Waals surface area contributed by atoms with Crippen molar-refractivity contribution in [2.45, 2.75) is 38.4 Å². The number of nitrogens with zero attached hydrogens (tertiary/aromatic N) is 4. The lowest BCUT2D eigenvalue weighted by Gasteiger charge is -2.22. The quantitative estimate of drug-likeness (QED) is 0.882. The Hall–Kier alpha value is -1.77. The van der Waals surface area contributed by atoms with Gasteiger partial charge in [0.1, 0.15) is 12.2 Å². The van der Waals surface area contributed by atoms with Gasteiger partial charge in [-0.05, 0) is 18.4 Å². The fraction of sp³-hybridized carbons (Fsp3) is 0.467. The maximum absolute atomic E-state index is 12.5. The Kier molecular flexibility index (Phi) is 4.74. The van der Waals surface area contributed by atoms with E-state index in [1.54, 1.807) is 13.4 Å². The summed E-state index contributed by atoms with van der Waals surface area (Å²) in [7, 11) is -1.91. The monoisotopic (exact) mass is 335 g/mol. The van der Waals surface area contributed by atoms with Crippen LogP contribution in [0, 0.1) is 0 Å². The highest BCUT2D eigenvalue weighted by Gasteiger charge is 2.24. The van der Waals surface area contributed by atoms with E-state index in [0.29, 0.717) is 6.54 Å². The van der Waals surface area contributed by atoms with Gasteiger partial charge in [0.2, 0.25) is 0 Å². The van der Waals surface area contributed by atoms with Crippen LogP contribution >= 0.6 is 0 Å². The molecule has 1 aliphatic heterocycles. The van der Waals surface area contributed by atoms with E-state index < -0.39 is 10.2 Å². The molecule has 0 saturated heterocycles. The Morgan fingerprint density at radius 3 is 2.87 bits per heavy atom. The van der Waals surface area contributed by atoms with E-state index in [1.165, 1.54) is 4.31 Å². The number of fused-ring (bicyclic) bond motifs is 1. The van der Waals surface area contributed by atoms with Crippen LogP contribution in [0.2, 0.25) is 0 Å². The number of aryl methyl sites for hydroxylation is 2. The molecule has 1 unspecified atom stereocenters. The molecular formula is C15H21N5O2S. The van der Waals surface area contributed by atoms with Gasteiger partial charge in [0.25, 0.3) is 10.2 Å². The summed E-state index contributed by atoms with van der Waals surface area (Å²) in [5.41, 5.74) is 0.965. The number of benzene rings is 1. The largest absolute Gasteiger partial charge is 0.318 e. The van der Waals surface area contributed by atoms with Crippen molar-refractivity contribution < 1.29 is 8.42 Å². The summed E-state index contributed by atoms with van der Waals surface area (Å²) in [5.74, 6) is 0.921. The van der Waals surface area contributed by atoms with Gasteiger partial charge in [-0.1, -0.05) is 30.3 Å². The smallest absolute Gasteiger partial charge is 0.279 e. The fourth-order valence-electron chi connectivity index (χ4n) is 2.75. The van der Waals surface area contributed by atoms with Crippen molar-refractivity contribution in [2.75, 3.05) is 7.05 Å². The molecule has 1 aliphatic rings. The molecule has 0 amide bonds. The van der Waals surface area contributed by atoms with Gasteiger partial charge in [-0.15, -0.1) is 10.2 Å². The first kappa shape index (κ1) is 16.1. The Labute approximate surface area is 136 Å². The standard InChI is InChI=1S/C15H21N5O2S/c1-19(11-13-5-3-2-4-6-13)23(21,22)18-14-7-8-15-17-16-12-20(15)10-9-14/h2-6,12,14,18H,7-11H2,1H3. The van der Waals surface area contributed by atoms with Gasteiger partial charge in [-0.25, -0.2) is 0 Å². The first-order valence-electron chi connectivity index (χ1n) is 7.69. The van der Waals surface area contributed by atoms with Gasteiger partial charge < -0.3 is 4.57 Å². The molecule has 1 atom stereocenters. The van der Waals surface area contributed by atoms with E-state index in [0.717, 1.165) is 37.2 Å². The molecule has 1 N–H and O–H groups in total. The van der Waals surface area contributed by atoms with Crippen molar-refractivity contribution in [3.05, 3.63) is 48.0 Å². The van der Waals surface area contributed by atoms with Crippen LogP contribution < -0.4 is 4.72 Å². The van der Waals surface area contributed by atoms with Crippen LogP contribution in [0.15, 0.2) is 36.7 Å². The normalized spacial score (nSPS) is 18.6. The van der Waals surface area contributed by atoms with E-state index in [4.69, 9.17) is 0 Å². The molecular weight excluding hydrogens is 314 g/mol. The molecule has 0 fully saturated rings. The minimum absolute atomic E-state index is 0.0834. The Morgan fingerprint density at radius 2 is 2.09 bits per heavy atom. The third kappa shape index (κ3) is 3.95. The van der Waals surface area contributed by atoms with Crippen molar-refractivity contribution in [2.24, 2.45) is 0 Å². The second-order valence-electron chi connectivity index (χ2n) is 5.83. The van der Waals surface area contributed by atoms with Crippen molar-refractivity contribution in [1.82, 2.24) is 23.8 Å². The molecule has 3 rings (SSSR count). The number of hydrogen-bond donors (Lipinski definition) is 1. The maximum atomic E-state index is 12.5. The molecule has 2 aromatic rings. The second-order valence-corrected chi connectivity index (χ2v) is 7.64. The van der Waals surface area contributed by atoms with Gasteiger partial charge in [0, 0.05) is 32.6 Å². The highest BCUT2D eigenvalue weighted by Crippen LogP contribution is 2.15. The molecule has 0 saturated carbocycles. The second kappa shape index (κ2) is 6.77. The molecule has 2 heterocycles. The lowest BCUT2D eigenvalue weighted by atomic mass is 10.1. The molecule has 0 aliphatic carbocycles. The minimum Gasteiger partial charge on any atom is -0.318 e. The van der Waals surface area contributed by atoms with Crippen LogP contribution in [0.4, 0.5) is 0 Å². The highest BCUT2D eigenvalue weighted by molar-refractivity contribution is 7.87. The zero-order valence-electron chi connectivity index (χ0n) is 13.1. The van der Waals surface area contributed by atoms with Crippen molar-refractivity contribution in [3.8, 4) is 0 Å². The van der Waals surface area contributed by atoms with Crippen LogP contribution in [-0.2, 0) is 29.7 Å². The van der Waals surface area contributed by atoms with Crippen molar-refractivity contribution in [3.63, 3.8) is 0 Å². The number of hydrogen-bond acceptors (Lipinski definition) is 4. The summed E-state index contributed by atoms with van der Waals surface area (Å²) in [6, 6.07) is 9.49. The molecule has 124 valence electrons. The molecule has 8 heteroatoms. The summed E-state index contributed by atoms with van der Waals surface area (Å²) in [6.45, 7) is 1.09. The van der Waals surface area contributed by atoms with Crippen LogP contribution in [0.1, 0.15) is 24.2 Å². The van der Waals surface area contributed by atoms with Gasteiger partial charge >= 0.3 is 0 Å². The number of nitrogens with one attached hydrogen (secondary N) is 1. The van der Waals surface area contributed by atoms with Crippen LogP contribution in [-0.4, -0.2) is 40.6 Å². The zero-order chi connectivity index (χ0) is 16.3. The average molecular weight is 335 g/mol. The molecule has 23 heavy (non-hydrogen) atoms. The van der Waals surface area contributed by atoms with E-state index >= 15 is 0 Å². The third-order valence-corrected chi connectivity index (χ3v) is 5.69. The van der Waals surface area contributed by atoms with Crippen LogP contribution in [0.3, 0.4) is 0 Å². The van der Waals surface area contributed by atoms with Gasteiger partial charge in [-0.3, -0.25) is 0 Å². The minimum atomic E-state index is -3.51. The Balaban J connectivity index is 1.61. The number of aromatic nitrogens is 3. The predicted octanol–water partition coefficient (Wildman–Crippen LogP) is 0.949. The molecule has 0 radical (unpaired) electrons.